The Kier molecular flexibility index (Phi) is 8.98. The Bertz CT molecular complexity index is 1620. The minimum atomic E-state index is -4.63. The van der Waals surface area contributed by atoms with Crippen molar-refractivity contribution in [1.29, 1.82) is 0 Å². The number of nitrogens with one attached hydrogen (secondary N) is 2. The van der Waals surface area contributed by atoms with Crippen LogP contribution in [-0.2, 0) is 17.5 Å². The molecule has 8 nitrogen and oxygen atoms in total. The van der Waals surface area contributed by atoms with E-state index in [1.54, 1.807) is 39.1 Å². The van der Waals surface area contributed by atoms with Crippen molar-refractivity contribution in [3.63, 3.8) is 0 Å². The monoisotopic (exact) mass is 615 g/mol. The number of ether oxygens (including phenoxy) is 1. The first-order valence-corrected chi connectivity index (χ1v) is 15.3. The highest BCUT2D eigenvalue weighted by molar-refractivity contribution is 7.23. The fourth-order valence-corrected chi connectivity index (χ4v) is 6.25. The molecule has 3 heterocycles. The fraction of sp³-hybridized carbons (Fsp3) is 0.452. The molecule has 1 aliphatic rings. The van der Waals surface area contributed by atoms with Crippen molar-refractivity contribution in [1.82, 2.24) is 24.9 Å². The van der Waals surface area contributed by atoms with Gasteiger partial charge in [-0.3, -0.25) is 9.20 Å². The first-order valence-electron chi connectivity index (χ1n) is 14.5. The molecule has 2 aromatic heterocycles. The summed E-state index contributed by atoms with van der Waals surface area (Å²) in [6, 6.07) is 9.36. The van der Waals surface area contributed by atoms with Gasteiger partial charge in [0.25, 0.3) is 5.91 Å². The first-order chi connectivity index (χ1) is 20.4. The van der Waals surface area contributed by atoms with Crippen molar-refractivity contribution in [3.05, 3.63) is 59.3 Å². The van der Waals surface area contributed by atoms with Gasteiger partial charge in [0.1, 0.15) is 5.60 Å². The smallest absolute Gasteiger partial charge is 0.416 e. The molecule has 1 fully saturated rings. The third-order valence-corrected chi connectivity index (χ3v) is 8.29. The summed E-state index contributed by atoms with van der Waals surface area (Å²) in [6.45, 7) is 8.56. The third kappa shape index (κ3) is 7.66. The molecule has 2 amide bonds. The number of alkyl carbamates (subject to hydrolysis) is 1. The number of carbonyl (C=O) groups excluding carboxylic acids is 2. The van der Waals surface area contributed by atoms with Gasteiger partial charge >= 0.3 is 12.3 Å². The number of hydrogen-bond acceptors (Lipinski definition) is 6. The Morgan fingerprint density at radius 1 is 1.02 bits per heavy atom. The van der Waals surface area contributed by atoms with Gasteiger partial charge < -0.3 is 20.3 Å². The Morgan fingerprint density at radius 2 is 1.79 bits per heavy atom. The number of halogens is 3. The van der Waals surface area contributed by atoms with Gasteiger partial charge in [0.05, 0.1) is 21.5 Å². The standard InChI is InChI=1S/C31H36F3N5O3S/c1-30(2,3)42-29(41)36-18-22-9-8-20(16-23(22)31(32,33)34)24-19-39-25-11-10-21(17-26(25)43-28(39)37-24)27(40)35-12-7-15-38-13-5-4-6-14-38/h8-11,16-17,19H,4-7,12-15,18H2,1-3H3,(H,35,40)(H,36,41). The lowest BCUT2D eigenvalue weighted by molar-refractivity contribution is -0.138. The Balaban J connectivity index is 1.28. The Morgan fingerprint density at radius 3 is 2.51 bits per heavy atom. The van der Waals surface area contributed by atoms with E-state index in [-0.39, 0.29) is 18.0 Å². The van der Waals surface area contributed by atoms with Crippen LogP contribution in [0.5, 0.6) is 0 Å². The molecule has 0 radical (unpaired) electrons. The molecule has 0 bridgehead atoms. The highest BCUT2D eigenvalue weighted by Gasteiger charge is 2.34. The predicted octanol–water partition coefficient (Wildman–Crippen LogP) is 6.87. The van der Waals surface area contributed by atoms with E-state index in [4.69, 9.17) is 4.74 Å². The van der Waals surface area contributed by atoms with E-state index in [0.29, 0.717) is 28.3 Å². The number of imidazole rings is 1. The van der Waals surface area contributed by atoms with Gasteiger partial charge in [-0.1, -0.05) is 29.9 Å². The topological polar surface area (TPSA) is 88.0 Å². The zero-order valence-corrected chi connectivity index (χ0v) is 25.3. The number of fused-ring (bicyclic) bond motifs is 3. The molecule has 5 rings (SSSR count). The second kappa shape index (κ2) is 12.5. The van der Waals surface area contributed by atoms with E-state index in [9.17, 15) is 22.8 Å². The van der Waals surface area contributed by atoms with Crippen LogP contribution < -0.4 is 10.6 Å². The zero-order chi connectivity index (χ0) is 30.8. The minimum absolute atomic E-state index is 0.0779. The maximum atomic E-state index is 14.0. The van der Waals surface area contributed by atoms with E-state index in [1.807, 2.05) is 16.5 Å². The lowest BCUT2D eigenvalue weighted by Gasteiger charge is -2.26. The maximum Gasteiger partial charge on any atom is 0.416 e. The van der Waals surface area contributed by atoms with Crippen LogP contribution in [0.2, 0.25) is 0 Å². The number of alkyl halides is 3. The average molecular weight is 616 g/mol. The molecule has 0 spiro atoms. The number of benzene rings is 2. The molecule has 0 unspecified atom stereocenters. The lowest BCUT2D eigenvalue weighted by Crippen LogP contribution is -2.33. The summed E-state index contributed by atoms with van der Waals surface area (Å²) < 4.78 is 49.7. The second-order valence-electron chi connectivity index (χ2n) is 11.8. The molecule has 0 atom stereocenters. The number of aromatic nitrogens is 2. The quantitative estimate of drug-likeness (QED) is 0.211. The van der Waals surface area contributed by atoms with E-state index < -0.39 is 23.4 Å². The highest BCUT2D eigenvalue weighted by atomic mass is 32.1. The number of hydrogen-bond donors (Lipinski definition) is 2. The van der Waals surface area contributed by atoms with Crippen molar-refractivity contribution in [3.8, 4) is 11.3 Å². The number of rotatable bonds is 8. The summed E-state index contributed by atoms with van der Waals surface area (Å²) in [5.74, 6) is -0.131. The number of carbonyl (C=O) groups is 2. The summed E-state index contributed by atoms with van der Waals surface area (Å²) >= 11 is 1.37. The van der Waals surface area contributed by atoms with Crippen LogP contribution in [0.15, 0.2) is 42.6 Å². The molecule has 230 valence electrons. The summed E-state index contributed by atoms with van der Waals surface area (Å²) in [5, 5.41) is 5.40. The largest absolute Gasteiger partial charge is 0.444 e. The van der Waals surface area contributed by atoms with E-state index in [2.05, 4.69) is 20.5 Å². The maximum absolute atomic E-state index is 14.0. The van der Waals surface area contributed by atoms with E-state index >= 15 is 0 Å². The van der Waals surface area contributed by atoms with Gasteiger partial charge in [0.2, 0.25) is 0 Å². The van der Waals surface area contributed by atoms with Crippen molar-refractivity contribution < 1.29 is 27.5 Å². The first kappa shape index (κ1) is 30.8. The molecule has 2 N–H and O–H groups in total. The number of nitrogens with zero attached hydrogens (tertiary/aromatic N) is 3. The van der Waals surface area contributed by atoms with Crippen LogP contribution in [0.1, 0.15) is 67.9 Å². The summed E-state index contributed by atoms with van der Waals surface area (Å²) in [6.07, 6.45) is 0.966. The Labute approximate surface area is 252 Å². The van der Waals surface area contributed by atoms with Gasteiger partial charge in [0.15, 0.2) is 4.96 Å². The molecule has 0 saturated carbocycles. The number of piperidine rings is 1. The van der Waals surface area contributed by atoms with E-state index in [0.717, 1.165) is 42.3 Å². The zero-order valence-electron chi connectivity index (χ0n) is 24.5. The van der Waals surface area contributed by atoms with Crippen molar-refractivity contribution in [2.45, 2.75) is 64.8 Å². The number of likely N-dealkylation sites (tertiary alicyclic amines) is 1. The summed E-state index contributed by atoms with van der Waals surface area (Å²) in [5.41, 5.74) is 0.369. The Hall–Kier alpha value is -3.64. The third-order valence-electron chi connectivity index (χ3n) is 7.27. The van der Waals surface area contributed by atoms with Crippen LogP contribution in [0, 0.1) is 0 Å². The molecule has 12 heteroatoms. The average Bonchev–Trinajstić information content (AvgIpc) is 3.51. The van der Waals surface area contributed by atoms with Crippen LogP contribution in [0.3, 0.4) is 0 Å². The fourth-order valence-electron chi connectivity index (χ4n) is 5.21. The van der Waals surface area contributed by atoms with Gasteiger partial charge in [-0.2, -0.15) is 13.2 Å². The SMILES string of the molecule is CC(C)(C)OC(=O)NCc1ccc(-c2cn3c(n2)sc2cc(C(=O)NCCCN4CCCCC4)ccc23)cc1C(F)(F)F. The van der Waals surface area contributed by atoms with E-state index in [1.165, 1.54) is 36.7 Å². The molecular formula is C31H36F3N5O3S. The van der Waals surface area contributed by atoms with Crippen LogP contribution in [0.4, 0.5) is 18.0 Å². The second-order valence-corrected chi connectivity index (χ2v) is 12.8. The summed E-state index contributed by atoms with van der Waals surface area (Å²) in [4.78, 5) is 32.4. The molecular weight excluding hydrogens is 579 g/mol. The molecule has 1 saturated heterocycles. The van der Waals surface area contributed by atoms with Crippen molar-refractivity contribution >= 4 is 38.5 Å². The van der Waals surface area contributed by atoms with Gasteiger partial charge in [-0.15, -0.1) is 0 Å². The van der Waals surface area contributed by atoms with Crippen LogP contribution in [-0.4, -0.2) is 58.1 Å². The molecule has 0 aliphatic carbocycles. The highest BCUT2D eigenvalue weighted by Crippen LogP contribution is 2.36. The molecule has 2 aromatic carbocycles. The van der Waals surface area contributed by atoms with Crippen molar-refractivity contribution in [2.75, 3.05) is 26.2 Å². The van der Waals surface area contributed by atoms with Crippen molar-refractivity contribution in [2.24, 2.45) is 0 Å². The molecule has 43 heavy (non-hydrogen) atoms. The molecule has 4 aromatic rings. The molecule has 1 aliphatic heterocycles. The normalized spacial score (nSPS) is 14.7. The van der Waals surface area contributed by atoms with Crippen LogP contribution in [0.25, 0.3) is 26.4 Å². The minimum Gasteiger partial charge on any atom is -0.444 e. The number of thiazole rings is 1. The lowest BCUT2D eigenvalue weighted by atomic mass is 10.0. The number of amides is 2. The van der Waals surface area contributed by atoms with Gasteiger partial charge in [-0.05, 0) is 89.5 Å². The van der Waals surface area contributed by atoms with Gasteiger partial charge in [-0.25, -0.2) is 9.78 Å². The van der Waals surface area contributed by atoms with Crippen LogP contribution >= 0.6 is 11.3 Å². The summed E-state index contributed by atoms with van der Waals surface area (Å²) in [7, 11) is 0. The predicted molar refractivity (Wildman–Crippen MR) is 161 cm³/mol. The van der Waals surface area contributed by atoms with Gasteiger partial charge in [0, 0.05) is 30.4 Å².